The van der Waals surface area contributed by atoms with Gasteiger partial charge in [0.15, 0.2) is 11.6 Å². The summed E-state index contributed by atoms with van der Waals surface area (Å²) in [6, 6.07) is 2.50. The van der Waals surface area contributed by atoms with Crippen molar-refractivity contribution < 1.29 is 13.5 Å². The first kappa shape index (κ1) is 10.7. The lowest BCUT2D eigenvalue weighted by Crippen LogP contribution is -2.20. The van der Waals surface area contributed by atoms with E-state index in [0.717, 1.165) is 25.5 Å². The number of imidazole rings is 1. The Balaban J connectivity index is 2.07. The lowest BCUT2D eigenvalue weighted by atomic mass is 10.1. The van der Waals surface area contributed by atoms with Gasteiger partial charge in [-0.25, -0.2) is 13.8 Å². The van der Waals surface area contributed by atoms with Crippen LogP contribution in [0, 0.1) is 11.6 Å². The number of hydrogen-bond donors (Lipinski definition) is 0. The molecule has 0 spiro atoms. The first-order chi connectivity index (χ1) is 8.25. The number of nitrogens with zero attached hydrogens (tertiary/aromatic N) is 2. The normalized spacial score (nSPS) is 20.9. The van der Waals surface area contributed by atoms with E-state index < -0.39 is 11.6 Å². The molecule has 2 heterocycles. The molecule has 5 heteroatoms. The lowest BCUT2D eigenvalue weighted by molar-refractivity contribution is 0.0604. The van der Waals surface area contributed by atoms with Crippen molar-refractivity contribution in [3.63, 3.8) is 0 Å². The van der Waals surface area contributed by atoms with Gasteiger partial charge >= 0.3 is 0 Å². The predicted octanol–water partition coefficient (Wildman–Crippen LogP) is 2.67. The van der Waals surface area contributed by atoms with E-state index in [4.69, 9.17) is 4.74 Å². The van der Waals surface area contributed by atoms with E-state index in [1.807, 2.05) is 4.57 Å². The Bertz CT molecular complexity index is 547. The summed E-state index contributed by atoms with van der Waals surface area (Å²) < 4.78 is 33.5. The quantitative estimate of drug-likeness (QED) is 0.763. The minimum Gasteiger partial charge on any atom is -0.379 e. The first-order valence-electron chi connectivity index (χ1n) is 5.65. The number of halogens is 2. The van der Waals surface area contributed by atoms with Gasteiger partial charge in [-0.05, 0) is 12.8 Å². The van der Waals surface area contributed by atoms with Crippen LogP contribution in [-0.4, -0.2) is 22.8 Å². The maximum atomic E-state index is 13.2. The fraction of sp³-hybridized carbons (Fsp3) is 0.417. The van der Waals surface area contributed by atoms with Crippen LogP contribution in [0.1, 0.15) is 18.9 Å². The topological polar surface area (TPSA) is 27.1 Å². The average Bonchev–Trinajstić information content (AvgIpc) is 2.74. The van der Waals surface area contributed by atoms with Gasteiger partial charge in [-0.3, -0.25) is 0 Å². The maximum Gasteiger partial charge on any atom is 0.161 e. The Labute approximate surface area is 97.0 Å². The molecule has 90 valence electrons. The number of aromatic nitrogens is 2. The molecule has 0 N–H and O–H groups in total. The van der Waals surface area contributed by atoms with Gasteiger partial charge in [0.1, 0.15) is 0 Å². The number of fused-ring (bicyclic) bond motifs is 1. The number of hydrogen-bond acceptors (Lipinski definition) is 2. The zero-order chi connectivity index (χ0) is 11.8. The van der Waals surface area contributed by atoms with Gasteiger partial charge < -0.3 is 9.30 Å². The van der Waals surface area contributed by atoms with Crippen LogP contribution in [0.2, 0.25) is 0 Å². The first-order valence-corrected chi connectivity index (χ1v) is 5.65. The molecule has 0 radical (unpaired) electrons. The van der Waals surface area contributed by atoms with Crippen molar-refractivity contribution >= 4 is 11.0 Å². The second-order valence-electron chi connectivity index (χ2n) is 4.28. The monoisotopic (exact) mass is 238 g/mol. The Kier molecular flexibility index (Phi) is 2.55. The highest BCUT2D eigenvalue weighted by Crippen LogP contribution is 2.25. The van der Waals surface area contributed by atoms with Gasteiger partial charge in [-0.1, -0.05) is 0 Å². The third kappa shape index (κ3) is 1.80. The number of rotatable bonds is 1. The molecule has 3 rings (SSSR count). The zero-order valence-corrected chi connectivity index (χ0v) is 9.20. The number of benzene rings is 1. The summed E-state index contributed by atoms with van der Waals surface area (Å²) in [7, 11) is 0. The van der Waals surface area contributed by atoms with Gasteiger partial charge in [-0.15, -0.1) is 0 Å². The molecule has 0 bridgehead atoms. The molecular formula is C12H12F2N2O. The molecule has 1 aliphatic heterocycles. The third-order valence-electron chi connectivity index (χ3n) is 3.15. The van der Waals surface area contributed by atoms with Gasteiger partial charge in [0.05, 0.1) is 30.0 Å². The van der Waals surface area contributed by atoms with Crippen LogP contribution in [0.25, 0.3) is 11.0 Å². The molecule has 0 aliphatic carbocycles. The van der Waals surface area contributed by atoms with Crippen molar-refractivity contribution in [1.82, 2.24) is 9.55 Å². The summed E-state index contributed by atoms with van der Waals surface area (Å²) in [6.45, 7) is 1.37. The fourth-order valence-electron chi connectivity index (χ4n) is 2.26. The molecular weight excluding hydrogens is 226 g/mol. The van der Waals surface area contributed by atoms with Gasteiger partial charge in [0, 0.05) is 18.7 Å². The smallest absolute Gasteiger partial charge is 0.161 e. The van der Waals surface area contributed by atoms with Crippen molar-refractivity contribution in [2.75, 3.05) is 13.2 Å². The minimum atomic E-state index is -0.859. The summed E-state index contributed by atoms with van der Waals surface area (Å²) >= 11 is 0. The highest BCUT2D eigenvalue weighted by atomic mass is 19.2. The van der Waals surface area contributed by atoms with Crippen LogP contribution in [-0.2, 0) is 4.74 Å². The molecule has 0 saturated carbocycles. The van der Waals surface area contributed by atoms with Crippen molar-refractivity contribution in [1.29, 1.82) is 0 Å². The van der Waals surface area contributed by atoms with Crippen LogP contribution in [0.15, 0.2) is 18.5 Å². The largest absolute Gasteiger partial charge is 0.379 e. The molecule has 1 aliphatic rings. The van der Waals surface area contributed by atoms with E-state index in [1.54, 1.807) is 6.33 Å². The molecule has 0 amide bonds. The summed E-state index contributed by atoms with van der Waals surface area (Å²) in [5.41, 5.74) is 1.11. The highest BCUT2D eigenvalue weighted by molar-refractivity contribution is 5.75. The van der Waals surface area contributed by atoms with E-state index in [-0.39, 0.29) is 6.04 Å². The summed E-state index contributed by atoms with van der Waals surface area (Å²) in [4.78, 5) is 4.10. The Morgan fingerprint density at radius 2 is 2.12 bits per heavy atom. The summed E-state index contributed by atoms with van der Waals surface area (Å²) in [5.74, 6) is -1.70. The second kappa shape index (κ2) is 4.07. The number of ether oxygens (including phenoxy) is 1. The molecule has 1 saturated heterocycles. The van der Waals surface area contributed by atoms with E-state index in [0.29, 0.717) is 17.6 Å². The average molecular weight is 238 g/mol. The molecule has 1 aromatic heterocycles. The predicted molar refractivity (Wildman–Crippen MR) is 58.7 cm³/mol. The molecule has 1 unspecified atom stereocenters. The minimum absolute atomic E-state index is 0.165. The summed E-state index contributed by atoms with van der Waals surface area (Å²) in [6.07, 6.45) is 3.58. The molecule has 17 heavy (non-hydrogen) atoms. The van der Waals surface area contributed by atoms with Crippen LogP contribution in [0.5, 0.6) is 0 Å². The molecule has 1 aromatic carbocycles. The standard InChI is InChI=1S/C12H12F2N2O/c13-9-4-11-12(5-10(9)14)16(7-15-11)8-2-1-3-17-6-8/h4-5,7-8H,1-3,6H2. The molecule has 1 fully saturated rings. The Morgan fingerprint density at radius 3 is 2.88 bits per heavy atom. The molecule has 3 nitrogen and oxygen atoms in total. The van der Waals surface area contributed by atoms with Crippen molar-refractivity contribution in [3.8, 4) is 0 Å². The Morgan fingerprint density at radius 1 is 1.29 bits per heavy atom. The van der Waals surface area contributed by atoms with Crippen LogP contribution in [0.3, 0.4) is 0 Å². The lowest BCUT2D eigenvalue weighted by Gasteiger charge is -2.23. The van der Waals surface area contributed by atoms with E-state index >= 15 is 0 Å². The third-order valence-corrected chi connectivity index (χ3v) is 3.15. The zero-order valence-electron chi connectivity index (χ0n) is 9.20. The van der Waals surface area contributed by atoms with Crippen LogP contribution in [0.4, 0.5) is 8.78 Å². The van der Waals surface area contributed by atoms with Crippen molar-refractivity contribution in [2.45, 2.75) is 18.9 Å². The van der Waals surface area contributed by atoms with E-state index in [2.05, 4.69) is 4.98 Å². The van der Waals surface area contributed by atoms with Crippen molar-refractivity contribution in [2.24, 2.45) is 0 Å². The van der Waals surface area contributed by atoms with Crippen molar-refractivity contribution in [3.05, 3.63) is 30.1 Å². The maximum absolute atomic E-state index is 13.2. The van der Waals surface area contributed by atoms with E-state index in [9.17, 15) is 8.78 Å². The van der Waals surface area contributed by atoms with Crippen LogP contribution < -0.4 is 0 Å². The SMILES string of the molecule is Fc1cc2ncn(C3CCCOC3)c2cc1F. The second-order valence-corrected chi connectivity index (χ2v) is 4.28. The van der Waals surface area contributed by atoms with E-state index in [1.165, 1.54) is 6.07 Å². The highest BCUT2D eigenvalue weighted by Gasteiger charge is 2.18. The van der Waals surface area contributed by atoms with Gasteiger partial charge in [0.2, 0.25) is 0 Å². The Hall–Kier alpha value is -1.49. The summed E-state index contributed by atoms with van der Waals surface area (Å²) in [5, 5.41) is 0. The molecule has 2 aromatic rings. The van der Waals surface area contributed by atoms with Gasteiger partial charge in [-0.2, -0.15) is 0 Å². The fourth-order valence-corrected chi connectivity index (χ4v) is 2.26. The molecule has 1 atom stereocenters. The van der Waals surface area contributed by atoms with Gasteiger partial charge in [0.25, 0.3) is 0 Å². The van der Waals surface area contributed by atoms with Crippen LogP contribution >= 0.6 is 0 Å².